The highest BCUT2D eigenvalue weighted by atomic mass is 35.7. The van der Waals surface area contributed by atoms with Gasteiger partial charge < -0.3 is 4.74 Å². The van der Waals surface area contributed by atoms with Crippen molar-refractivity contribution in [1.82, 2.24) is 0 Å². The van der Waals surface area contributed by atoms with Crippen molar-refractivity contribution in [3.05, 3.63) is 58.6 Å². The van der Waals surface area contributed by atoms with Crippen LogP contribution in [0.1, 0.15) is 11.1 Å². The SMILES string of the molecule is Cc1ccccc1COc1ccc(S(=O)(=O)Cl)cc1Cl. The molecule has 2 rings (SSSR count). The first-order valence-electron chi connectivity index (χ1n) is 5.79. The smallest absolute Gasteiger partial charge is 0.261 e. The molecule has 0 aliphatic carbocycles. The van der Waals surface area contributed by atoms with E-state index in [9.17, 15) is 8.42 Å². The Labute approximate surface area is 127 Å². The highest BCUT2D eigenvalue weighted by Crippen LogP contribution is 2.29. The van der Waals surface area contributed by atoms with Crippen molar-refractivity contribution in [1.29, 1.82) is 0 Å². The molecule has 20 heavy (non-hydrogen) atoms. The van der Waals surface area contributed by atoms with Crippen LogP contribution in [0, 0.1) is 6.92 Å². The molecule has 0 heterocycles. The number of hydrogen-bond donors (Lipinski definition) is 0. The number of aryl methyl sites for hydroxylation is 1. The molecule has 106 valence electrons. The fourth-order valence-corrected chi connectivity index (χ4v) is 2.75. The molecule has 2 aromatic rings. The van der Waals surface area contributed by atoms with Crippen molar-refractivity contribution in [2.75, 3.05) is 0 Å². The lowest BCUT2D eigenvalue weighted by atomic mass is 10.1. The van der Waals surface area contributed by atoms with Gasteiger partial charge in [0.2, 0.25) is 0 Å². The van der Waals surface area contributed by atoms with Crippen LogP contribution in [0.15, 0.2) is 47.4 Å². The summed E-state index contributed by atoms with van der Waals surface area (Å²) in [6, 6.07) is 12.0. The molecule has 0 spiro atoms. The zero-order valence-electron chi connectivity index (χ0n) is 10.6. The molecule has 0 saturated heterocycles. The van der Waals surface area contributed by atoms with Gasteiger partial charge in [-0.3, -0.25) is 0 Å². The van der Waals surface area contributed by atoms with E-state index in [-0.39, 0.29) is 9.92 Å². The predicted molar refractivity (Wildman–Crippen MR) is 80.0 cm³/mol. The topological polar surface area (TPSA) is 43.4 Å². The van der Waals surface area contributed by atoms with E-state index in [4.69, 9.17) is 27.0 Å². The summed E-state index contributed by atoms with van der Waals surface area (Å²) in [5, 5.41) is 0.209. The third-order valence-electron chi connectivity index (χ3n) is 2.83. The third kappa shape index (κ3) is 3.66. The molecule has 3 nitrogen and oxygen atoms in total. The summed E-state index contributed by atoms with van der Waals surface area (Å²) in [6.07, 6.45) is 0. The molecule has 0 unspecified atom stereocenters. The Morgan fingerprint density at radius 3 is 2.45 bits per heavy atom. The number of hydrogen-bond acceptors (Lipinski definition) is 3. The Balaban J connectivity index is 2.17. The second kappa shape index (κ2) is 6.04. The van der Waals surface area contributed by atoms with Gasteiger partial charge in [-0.15, -0.1) is 0 Å². The van der Waals surface area contributed by atoms with Crippen molar-refractivity contribution < 1.29 is 13.2 Å². The van der Waals surface area contributed by atoms with Gasteiger partial charge in [-0.25, -0.2) is 8.42 Å². The monoisotopic (exact) mass is 330 g/mol. The van der Waals surface area contributed by atoms with E-state index in [1.54, 1.807) is 0 Å². The zero-order chi connectivity index (χ0) is 14.8. The Kier molecular flexibility index (Phi) is 4.58. The highest BCUT2D eigenvalue weighted by molar-refractivity contribution is 8.13. The molecule has 0 N–H and O–H groups in total. The molecule has 0 aliphatic heterocycles. The van der Waals surface area contributed by atoms with E-state index in [0.717, 1.165) is 11.1 Å². The summed E-state index contributed by atoms with van der Waals surface area (Å²) in [6.45, 7) is 2.35. The van der Waals surface area contributed by atoms with Crippen LogP contribution in [-0.4, -0.2) is 8.42 Å². The summed E-state index contributed by atoms with van der Waals surface area (Å²) in [5.74, 6) is 0.416. The molecular weight excluding hydrogens is 319 g/mol. The molecule has 2 aromatic carbocycles. The minimum atomic E-state index is -3.78. The summed E-state index contributed by atoms with van der Waals surface area (Å²) >= 11 is 5.99. The maximum atomic E-state index is 11.2. The van der Waals surface area contributed by atoms with E-state index in [0.29, 0.717) is 12.4 Å². The maximum absolute atomic E-state index is 11.2. The van der Waals surface area contributed by atoms with Crippen LogP contribution in [0.2, 0.25) is 5.02 Å². The van der Waals surface area contributed by atoms with Gasteiger partial charge >= 0.3 is 0 Å². The first-order valence-corrected chi connectivity index (χ1v) is 8.48. The Bertz CT molecular complexity index is 727. The summed E-state index contributed by atoms with van der Waals surface area (Å²) in [4.78, 5) is -0.0487. The van der Waals surface area contributed by atoms with E-state index < -0.39 is 9.05 Å². The van der Waals surface area contributed by atoms with E-state index in [2.05, 4.69) is 0 Å². The summed E-state index contributed by atoms with van der Waals surface area (Å²) in [5.41, 5.74) is 2.15. The van der Waals surface area contributed by atoms with Gasteiger partial charge in [0.1, 0.15) is 12.4 Å². The predicted octanol–water partition coefficient (Wildman–Crippen LogP) is 4.15. The minimum Gasteiger partial charge on any atom is -0.487 e. The van der Waals surface area contributed by atoms with Crippen LogP contribution in [0.3, 0.4) is 0 Å². The second-order valence-electron chi connectivity index (χ2n) is 4.25. The van der Waals surface area contributed by atoms with Crippen LogP contribution in [0.4, 0.5) is 0 Å². The zero-order valence-corrected chi connectivity index (χ0v) is 13.0. The first-order chi connectivity index (χ1) is 9.38. The molecule has 0 aromatic heterocycles. The van der Waals surface area contributed by atoms with Crippen LogP contribution < -0.4 is 4.74 Å². The molecule has 0 saturated carbocycles. The average Bonchev–Trinajstić information content (AvgIpc) is 2.38. The quantitative estimate of drug-likeness (QED) is 0.790. The van der Waals surface area contributed by atoms with Gasteiger partial charge in [0.25, 0.3) is 9.05 Å². The normalized spacial score (nSPS) is 11.3. The van der Waals surface area contributed by atoms with Crippen molar-refractivity contribution in [3.63, 3.8) is 0 Å². The van der Waals surface area contributed by atoms with Crippen molar-refractivity contribution in [2.45, 2.75) is 18.4 Å². The number of halogens is 2. The Hall–Kier alpha value is -1.23. The molecule has 0 radical (unpaired) electrons. The van der Waals surface area contributed by atoms with Gasteiger partial charge in [0.15, 0.2) is 0 Å². The van der Waals surface area contributed by atoms with Crippen LogP contribution in [0.25, 0.3) is 0 Å². The van der Waals surface area contributed by atoms with E-state index in [1.807, 2.05) is 31.2 Å². The number of benzene rings is 2. The van der Waals surface area contributed by atoms with Gasteiger partial charge in [-0.05, 0) is 36.2 Å². The van der Waals surface area contributed by atoms with Crippen LogP contribution >= 0.6 is 22.3 Å². The fraction of sp³-hybridized carbons (Fsp3) is 0.143. The van der Waals surface area contributed by atoms with Gasteiger partial charge in [-0.2, -0.15) is 0 Å². The van der Waals surface area contributed by atoms with Gasteiger partial charge in [0, 0.05) is 10.7 Å². The van der Waals surface area contributed by atoms with Crippen molar-refractivity contribution >= 4 is 31.3 Å². The van der Waals surface area contributed by atoms with E-state index >= 15 is 0 Å². The van der Waals surface area contributed by atoms with Gasteiger partial charge in [0.05, 0.1) is 9.92 Å². The molecule has 0 atom stereocenters. The molecule has 0 aliphatic rings. The Morgan fingerprint density at radius 1 is 1.15 bits per heavy atom. The summed E-state index contributed by atoms with van der Waals surface area (Å²) in [7, 11) is 1.47. The molecule has 6 heteroatoms. The van der Waals surface area contributed by atoms with Crippen LogP contribution in [-0.2, 0) is 15.7 Å². The molecule has 0 fully saturated rings. The number of rotatable bonds is 4. The van der Waals surface area contributed by atoms with Crippen molar-refractivity contribution in [3.8, 4) is 5.75 Å². The largest absolute Gasteiger partial charge is 0.487 e. The number of ether oxygens (including phenoxy) is 1. The molecular formula is C14H12Cl2O3S. The second-order valence-corrected chi connectivity index (χ2v) is 7.22. The van der Waals surface area contributed by atoms with Crippen LogP contribution in [0.5, 0.6) is 5.75 Å². The highest BCUT2D eigenvalue weighted by Gasteiger charge is 2.13. The fourth-order valence-electron chi connectivity index (χ4n) is 1.68. The molecule has 0 amide bonds. The van der Waals surface area contributed by atoms with E-state index in [1.165, 1.54) is 18.2 Å². The average molecular weight is 331 g/mol. The maximum Gasteiger partial charge on any atom is 0.261 e. The Morgan fingerprint density at radius 2 is 1.85 bits per heavy atom. The van der Waals surface area contributed by atoms with Crippen molar-refractivity contribution in [2.24, 2.45) is 0 Å². The lowest BCUT2D eigenvalue weighted by molar-refractivity contribution is 0.305. The lowest BCUT2D eigenvalue weighted by Gasteiger charge is -2.10. The van der Waals surface area contributed by atoms with Gasteiger partial charge in [-0.1, -0.05) is 35.9 Å². The third-order valence-corrected chi connectivity index (χ3v) is 4.48. The lowest BCUT2D eigenvalue weighted by Crippen LogP contribution is -1.99. The minimum absolute atomic E-state index is 0.0487. The first kappa shape index (κ1) is 15.2. The summed E-state index contributed by atoms with van der Waals surface area (Å²) < 4.78 is 28.0. The standard InChI is InChI=1S/C14H12Cl2O3S/c1-10-4-2-3-5-11(10)9-19-14-7-6-12(8-13(14)15)20(16,17)18/h2-8H,9H2,1H3. The molecule has 0 bridgehead atoms.